The zero-order valence-electron chi connectivity index (χ0n) is 19.4. The van der Waals surface area contributed by atoms with E-state index in [2.05, 4.69) is 35.4 Å². The average molecular weight is 495 g/mol. The molecule has 0 spiro atoms. The van der Waals surface area contributed by atoms with E-state index in [1.165, 1.54) is 10.6 Å². The van der Waals surface area contributed by atoms with Crippen molar-refractivity contribution in [2.24, 2.45) is 0 Å². The number of nitrogens with two attached hydrogens (primary N) is 1. The lowest BCUT2D eigenvalue weighted by molar-refractivity contribution is 0.182. The summed E-state index contributed by atoms with van der Waals surface area (Å²) in [6, 6.07) is 7.82. The van der Waals surface area contributed by atoms with Crippen LogP contribution in [0.5, 0.6) is 0 Å². The fraction of sp³-hybridized carbons (Fsp3) is 0.318. The van der Waals surface area contributed by atoms with Gasteiger partial charge in [0.25, 0.3) is 0 Å². The van der Waals surface area contributed by atoms with Crippen LogP contribution in [0.1, 0.15) is 11.4 Å². The number of nitrogen functional groups attached to an aromatic ring is 1. The molecule has 35 heavy (non-hydrogen) atoms. The molecule has 0 radical (unpaired) electrons. The minimum atomic E-state index is -3.17. The van der Waals surface area contributed by atoms with Crippen molar-refractivity contribution >= 4 is 38.4 Å². The van der Waals surface area contributed by atoms with Crippen LogP contribution in [0.4, 0.5) is 17.5 Å². The van der Waals surface area contributed by atoms with E-state index in [0.717, 1.165) is 22.2 Å². The second kappa shape index (κ2) is 9.17. The number of piperazine rings is 1. The van der Waals surface area contributed by atoms with Crippen LogP contribution in [0.2, 0.25) is 0 Å². The molecule has 12 nitrogen and oxygen atoms in total. The Morgan fingerprint density at radius 2 is 1.91 bits per heavy atom. The lowest BCUT2D eigenvalue weighted by Gasteiger charge is -2.33. The Labute approximate surface area is 202 Å². The summed E-state index contributed by atoms with van der Waals surface area (Å²) < 4.78 is 25.1. The number of pyridine rings is 1. The number of nitrogens with zero attached hydrogens (tertiary/aromatic N) is 7. The van der Waals surface area contributed by atoms with E-state index >= 15 is 0 Å². The van der Waals surface area contributed by atoms with E-state index in [1.807, 2.05) is 30.5 Å². The third kappa shape index (κ3) is 5.06. The van der Waals surface area contributed by atoms with Crippen molar-refractivity contribution in [3.63, 3.8) is 0 Å². The molecule has 4 aromatic rings. The van der Waals surface area contributed by atoms with Crippen LogP contribution in [-0.2, 0) is 16.6 Å². The van der Waals surface area contributed by atoms with E-state index in [-0.39, 0.29) is 5.95 Å². The SMILES string of the molecule is Cc1nc(N)nc(-c2cc(CN3CCN(S(C)(=O)=O)CC3)cnc2Nc2cccc3[nH]ncc23)n1. The van der Waals surface area contributed by atoms with Gasteiger partial charge in [-0.05, 0) is 30.7 Å². The fourth-order valence-electron chi connectivity index (χ4n) is 4.17. The minimum absolute atomic E-state index is 0.137. The topological polar surface area (TPSA) is 159 Å². The maximum atomic E-state index is 11.8. The number of fused-ring (bicyclic) bond motifs is 1. The number of aromatic amines is 1. The molecule has 5 rings (SSSR count). The van der Waals surface area contributed by atoms with Gasteiger partial charge in [0.2, 0.25) is 16.0 Å². The molecule has 1 fully saturated rings. The minimum Gasteiger partial charge on any atom is -0.368 e. The van der Waals surface area contributed by atoms with Crippen molar-refractivity contribution < 1.29 is 8.42 Å². The van der Waals surface area contributed by atoms with Crippen LogP contribution >= 0.6 is 0 Å². The average Bonchev–Trinajstić information content (AvgIpc) is 3.29. The molecule has 1 aliphatic rings. The summed E-state index contributed by atoms with van der Waals surface area (Å²) in [5.74, 6) is 1.65. The summed E-state index contributed by atoms with van der Waals surface area (Å²) in [5.41, 5.74) is 9.31. The summed E-state index contributed by atoms with van der Waals surface area (Å²) in [7, 11) is -3.17. The summed E-state index contributed by atoms with van der Waals surface area (Å²) >= 11 is 0. The van der Waals surface area contributed by atoms with Gasteiger partial charge in [-0.15, -0.1) is 0 Å². The Morgan fingerprint density at radius 3 is 2.66 bits per heavy atom. The van der Waals surface area contributed by atoms with Crippen LogP contribution in [0.15, 0.2) is 36.7 Å². The van der Waals surface area contributed by atoms with Gasteiger partial charge in [-0.1, -0.05) is 6.07 Å². The van der Waals surface area contributed by atoms with Gasteiger partial charge in [0.15, 0.2) is 5.82 Å². The molecule has 13 heteroatoms. The number of benzene rings is 1. The fourth-order valence-corrected chi connectivity index (χ4v) is 5.00. The highest BCUT2D eigenvalue weighted by atomic mass is 32.2. The molecule has 0 saturated carbocycles. The number of H-pyrrole nitrogens is 1. The van der Waals surface area contributed by atoms with Crippen molar-refractivity contribution in [2.45, 2.75) is 13.5 Å². The van der Waals surface area contributed by atoms with Crippen molar-refractivity contribution in [1.82, 2.24) is 39.3 Å². The molecule has 0 unspecified atom stereocenters. The zero-order chi connectivity index (χ0) is 24.6. The number of aryl methyl sites for hydroxylation is 1. The highest BCUT2D eigenvalue weighted by Gasteiger charge is 2.24. The van der Waals surface area contributed by atoms with Crippen LogP contribution in [0.3, 0.4) is 0 Å². The molecule has 0 amide bonds. The Morgan fingerprint density at radius 1 is 1.11 bits per heavy atom. The van der Waals surface area contributed by atoms with Gasteiger partial charge in [-0.3, -0.25) is 10.00 Å². The molecule has 1 saturated heterocycles. The van der Waals surface area contributed by atoms with Crippen LogP contribution < -0.4 is 11.1 Å². The largest absolute Gasteiger partial charge is 0.368 e. The smallest absolute Gasteiger partial charge is 0.223 e. The molecular weight excluding hydrogens is 468 g/mol. The van der Waals surface area contributed by atoms with Gasteiger partial charge in [0, 0.05) is 44.3 Å². The Balaban J connectivity index is 1.46. The van der Waals surface area contributed by atoms with E-state index in [9.17, 15) is 8.42 Å². The molecule has 0 aliphatic carbocycles. The standard InChI is InChI=1S/C22H26N10O2S/c1-14-26-21(29-22(23)27-14)16-10-15(13-31-6-8-32(9-7-31)35(2,33)34)11-24-20(16)28-18-4-3-5-19-17(18)12-25-30-19/h3-5,10-12H,6-9,13H2,1-2H3,(H,24,28)(H,25,30)(H2,23,26,27,29). The quantitative estimate of drug-likeness (QED) is 0.359. The van der Waals surface area contributed by atoms with E-state index in [0.29, 0.717) is 55.8 Å². The van der Waals surface area contributed by atoms with Gasteiger partial charge < -0.3 is 11.1 Å². The predicted octanol–water partition coefficient (Wildman–Crippen LogP) is 1.52. The number of rotatable bonds is 6. The third-order valence-electron chi connectivity index (χ3n) is 5.89. The number of anilines is 3. The molecule has 182 valence electrons. The highest BCUT2D eigenvalue weighted by molar-refractivity contribution is 7.88. The summed E-state index contributed by atoms with van der Waals surface area (Å²) in [6.07, 6.45) is 4.81. The van der Waals surface area contributed by atoms with E-state index in [1.54, 1.807) is 13.1 Å². The monoisotopic (exact) mass is 494 g/mol. The van der Waals surface area contributed by atoms with Gasteiger partial charge in [-0.2, -0.15) is 19.4 Å². The molecule has 0 bridgehead atoms. The summed E-state index contributed by atoms with van der Waals surface area (Å²) in [5, 5.41) is 11.4. The maximum absolute atomic E-state index is 11.8. The number of aromatic nitrogens is 6. The van der Waals surface area contributed by atoms with Crippen LogP contribution in [0.25, 0.3) is 22.3 Å². The highest BCUT2D eigenvalue weighted by Crippen LogP contribution is 2.31. The Bertz CT molecular complexity index is 1460. The van der Waals surface area contributed by atoms with Gasteiger partial charge in [0.05, 0.1) is 29.2 Å². The first kappa shape index (κ1) is 23.1. The molecule has 1 aliphatic heterocycles. The number of sulfonamides is 1. The van der Waals surface area contributed by atoms with Crippen molar-refractivity contribution in [3.8, 4) is 11.4 Å². The second-order valence-electron chi connectivity index (χ2n) is 8.50. The summed E-state index contributed by atoms with van der Waals surface area (Å²) in [6.45, 7) is 4.60. The van der Waals surface area contributed by atoms with Crippen molar-refractivity contribution in [1.29, 1.82) is 0 Å². The van der Waals surface area contributed by atoms with Gasteiger partial charge in [0.1, 0.15) is 11.6 Å². The molecule has 4 heterocycles. The number of hydrogen-bond acceptors (Lipinski definition) is 10. The predicted molar refractivity (Wildman–Crippen MR) is 133 cm³/mol. The van der Waals surface area contributed by atoms with Crippen LogP contribution in [0, 0.1) is 6.92 Å². The molecular formula is C22H26N10O2S. The van der Waals surface area contributed by atoms with E-state index < -0.39 is 10.0 Å². The first-order chi connectivity index (χ1) is 16.8. The van der Waals surface area contributed by atoms with Crippen LogP contribution in [-0.4, -0.2) is 80.2 Å². The molecule has 3 aromatic heterocycles. The van der Waals surface area contributed by atoms with Crippen molar-refractivity contribution in [2.75, 3.05) is 43.5 Å². The normalized spacial score (nSPS) is 15.5. The van der Waals surface area contributed by atoms with Gasteiger partial charge >= 0.3 is 0 Å². The molecule has 4 N–H and O–H groups in total. The first-order valence-corrected chi connectivity index (χ1v) is 12.9. The number of nitrogens with one attached hydrogen (secondary N) is 2. The maximum Gasteiger partial charge on any atom is 0.223 e. The van der Waals surface area contributed by atoms with Crippen molar-refractivity contribution in [3.05, 3.63) is 48.0 Å². The zero-order valence-corrected chi connectivity index (χ0v) is 20.2. The second-order valence-corrected chi connectivity index (χ2v) is 10.5. The lowest BCUT2D eigenvalue weighted by atomic mass is 10.1. The first-order valence-electron chi connectivity index (χ1n) is 11.1. The Hall–Kier alpha value is -3.68. The Kier molecular flexibility index (Phi) is 6.05. The molecule has 1 aromatic carbocycles. The lowest BCUT2D eigenvalue weighted by Crippen LogP contribution is -2.47. The molecule has 0 atom stereocenters. The third-order valence-corrected chi connectivity index (χ3v) is 7.20. The van der Waals surface area contributed by atoms with Gasteiger partial charge in [-0.25, -0.2) is 18.4 Å². The summed E-state index contributed by atoms with van der Waals surface area (Å²) in [4.78, 5) is 19.8. The van der Waals surface area contributed by atoms with E-state index in [4.69, 9.17) is 10.7 Å². The number of hydrogen-bond donors (Lipinski definition) is 3.